The highest BCUT2D eigenvalue weighted by Crippen LogP contribution is 2.23. The van der Waals surface area contributed by atoms with Gasteiger partial charge in [0, 0.05) is 12.1 Å². The van der Waals surface area contributed by atoms with Crippen LogP contribution in [0.3, 0.4) is 0 Å². The summed E-state index contributed by atoms with van der Waals surface area (Å²) in [6.45, 7) is 2.65. The van der Waals surface area contributed by atoms with Gasteiger partial charge in [0.05, 0.1) is 13.7 Å². The van der Waals surface area contributed by atoms with E-state index >= 15 is 0 Å². The monoisotopic (exact) mass is 495 g/mol. The van der Waals surface area contributed by atoms with Gasteiger partial charge in [-0.2, -0.15) is 0 Å². The number of halogens is 4. The molecule has 0 atom stereocenters. The van der Waals surface area contributed by atoms with Crippen LogP contribution >= 0.6 is 24.0 Å². The molecular weight excluding hydrogens is 474 g/mol. The molecule has 2 aromatic carbocycles. The first-order valence-corrected chi connectivity index (χ1v) is 7.79. The Balaban J connectivity index is 0.00000364. The zero-order valence-electron chi connectivity index (χ0n) is 14.8. The molecule has 0 bridgehead atoms. The normalized spacial score (nSPS) is 11.5. The van der Waals surface area contributed by atoms with Gasteiger partial charge in [-0.05, 0) is 36.2 Å². The molecule has 2 aromatic rings. The minimum atomic E-state index is -4.70. The van der Waals surface area contributed by atoms with Crippen molar-refractivity contribution in [2.24, 2.45) is 10.7 Å². The van der Waals surface area contributed by atoms with E-state index in [9.17, 15) is 13.2 Å². The van der Waals surface area contributed by atoms with Crippen LogP contribution in [0.5, 0.6) is 11.5 Å². The molecular formula is C18H21F3IN3O2. The number of hydrogen-bond acceptors (Lipinski definition) is 3. The fraction of sp³-hybridized carbons (Fsp3) is 0.278. The lowest BCUT2D eigenvalue weighted by Crippen LogP contribution is -2.31. The van der Waals surface area contributed by atoms with E-state index in [1.807, 2.05) is 25.1 Å². The molecule has 5 nitrogen and oxygen atoms in total. The van der Waals surface area contributed by atoms with Gasteiger partial charge in [-0.3, -0.25) is 0 Å². The lowest BCUT2D eigenvalue weighted by molar-refractivity contribution is -0.274. The van der Waals surface area contributed by atoms with Crippen molar-refractivity contribution in [2.45, 2.75) is 26.4 Å². The van der Waals surface area contributed by atoms with Crippen LogP contribution in [0.25, 0.3) is 0 Å². The first-order chi connectivity index (χ1) is 12.3. The average Bonchev–Trinajstić information content (AvgIpc) is 2.58. The van der Waals surface area contributed by atoms with Gasteiger partial charge < -0.3 is 20.5 Å². The second-order valence-corrected chi connectivity index (χ2v) is 5.56. The number of nitrogens with one attached hydrogen (secondary N) is 1. The third-order valence-corrected chi connectivity index (χ3v) is 3.49. The molecule has 0 aliphatic rings. The molecule has 2 rings (SSSR count). The fourth-order valence-corrected chi connectivity index (χ4v) is 2.21. The van der Waals surface area contributed by atoms with Crippen LogP contribution in [0.1, 0.15) is 16.7 Å². The first kappa shape index (κ1) is 22.9. The topological polar surface area (TPSA) is 68.9 Å². The second-order valence-electron chi connectivity index (χ2n) is 5.56. The molecule has 0 fully saturated rings. The number of nitrogens with two attached hydrogens (primary N) is 1. The Morgan fingerprint density at radius 2 is 1.81 bits per heavy atom. The summed E-state index contributed by atoms with van der Waals surface area (Å²) in [5, 5.41) is 2.98. The fourth-order valence-electron chi connectivity index (χ4n) is 2.21. The molecule has 0 aliphatic heterocycles. The summed E-state index contributed by atoms with van der Waals surface area (Å²) >= 11 is 0. The predicted molar refractivity (Wildman–Crippen MR) is 108 cm³/mol. The number of aliphatic imine (C=N–C) groups is 1. The van der Waals surface area contributed by atoms with E-state index in [0.29, 0.717) is 12.1 Å². The highest BCUT2D eigenvalue weighted by Gasteiger charge is 2.30. The van der Waals surface area contributed by atoms with E-state index in [-0.39, 0.29) is 42.2 Å². The lowest BCUT2D eigenvalue weighted by atomic mass is 10.1. The van der Waals surface area contributed by atoms with Gasteiger partial charge in [-0.25, -0.2) is 4.99 Å². The van der Waals surface area contributed by atoms with Crippen molar-refractivity contribution in [2.75, 3.05) is 7.11 Å². The zero-order valence-corrected chi connectivity index (χ0v) is 17.2. The second kappa shape index (κ2) is 10.2. The van der Waals surface area contributed by atoms with E-state index < -0.39 is 6.36 Å². The van der Waals surface area contributed by atoms with Crippen LogP contribution in [0.4, 0.5) is 13.2 Å². The summed E-state index contributed by atoms with van der Waals surface area (Å²) in [5.74, 6) is 0.705. The van der Waals surface area contributed by atoms with Gasteiger partial charge in [0.1, 0.15) is 11.5 Å². The Kier molecular flexibility index (Phi) is 8.67. The zero-order chi connectivity index (χ0) is 19.2. The van der Waals surface area contributed by atoms with Crippen molar-refractivity contribution in [3.8, 4) is 11.5 Å². The number of nitrogens with zero attached hydrogens (tertiary/aromatic N) is 1. The third-order valence-electron chi connectivity index (χ3n) is 3.49. The van der Waals surface area contributed by atoms with E-state index in [2.05, 4.69) is 15.0 Å². The van der Waals surface area contributed by atoms with Gasteiger partial charge in [0.25, 0.3) is 0 Å². The molecule has 0 aliphatic carbocycles. The van der Waals surface area contributed by atoms with Gasteiger partial charge in [0.2, 0.25) is 0 Å². The molecule has 0 saturated heterocycles. The molecule has 0 radical (unpaired) electrons. The van der Waals surface area contributed by atoms with Crippen LogP contribution in [0.2, 0.25) is 0 Å². The van der Waals surface area contributed by atoms with Crippen molar-refractivity contribution in [1.29, 1.82) is 0 Å². The van der Waals surface area contributed by atoms with Gasteiger partial charge in [0.15, 0.2) is 5.96 Å². The highest BCUT2D eigenvalue weighted by molar-refractivity contribution is 14.0. The smallest absolute Gasteiger partial charge is 0.496 e. The largest absolute Gasteiger partial charge is 0.573 e. The van der Waals surface area contributed by atoms with E-state index in [4.69, 9.17) is 10.5 Å². The quantitative estimate of drug-likeness (QED) is 0.360. The summed E-state index contributed by atoms with van der Waals surface area (Å²) in [7, 11) is 1.60. The maximum Gasteiger partial charge on any atom is 0.573 e. The molecule has 0 spiro atoms. The van der Waals surface area contributed by atoms with Crippen LogP contribution in [-0.4, -0.2) is 19.4 Å². The van der Waals surface area contributed by atoms with Gasteiger partial charge >= 0.3 is 6.36 Å². The van der Waals surface area contributed by atoms with Crippen LogP contribution < -0.4 is 20.5 Å². The standard InChI is InChI=1S/C18H20F3N3O2.HI/c1-12-3-6-14(16(9-12)25-2)11-24-17(22)23-10-13-4-7-15(8-5-13)26-18(19,20)21;/h3-9H,10-11H2,1-2H3,(H3,22,23,24);1H. The molecule has 0 aromatic heterocycles. The third kappa shape index (κ3) is 7.94. The number of methoxy groups -OCH3 is 1. The molecule has 3 N–H and O–H groups in total. The van der Waals surface area contributed by atoms with Crippen LogP contribution in [0.15, 0.2) is 47.5 Å². The minimum Gasteiger partial charge on any atom is -0.496 e. The molecule has 0 amide bonds. The number of rotatable bonds is 6. The molecule has 148 valence electrons. The number of guanidine groups is 1. The van der Waals surface area contributed by atoms with E-state index in [1.54, 1.807) is 7.11 Å². The van der Waals surface area contributed by atoms with E-state index in [0.717, 1.165) is 16.9 Å². The molecule has 0 unspecified atom stereocenters. The van der Waals surface area contributed by atoms with Gasteiger partial charge in [-0.15, -0.1) is 37.1 Å². The summed E-state index contributed by atoms with van der Waals surface area (Å²) in [5.41, 5.74) is 8.56. The minimum absolute atomic E-state index is 0. The summed E-state index contributed by atoms with van der Waals surface area (Å²) < 4.78 is 45.5. The molecule has 0 heterocycles. The molecule has 0 saturated carbocycles. The number of ether oxygens (including phenoxy) is 2. The van der Waals surface area contributed by atoms with Crippen LogP contribution in [0, 0.1) is 6.92 Å². The summed E-state index contributed by atoms with van der Waals surface area (Å²) in [4.78, 5) is 4.17. The Labute approximate surface area is 172 Å². The Hall–Kier alpha value is -2.17. The molecule has 27 heavy (non-hydrogen) atoms. The number of aryl methyl sites for hydroxylation is 1. The Morgan fingerprint density at radius 3 is 2.41 bits per heavy atom. The summed E-state index contributed by atoms with van der Waals surface area (Å²) in [6, 6.07) is 11.3. The van der Waals surface area contributed by atoms with Crippen molar-refractivity contribution < 1.29 is 22.6 Å². The highest BCUT2D eigenvalue weighted by atomic mass is 127. The van der Waals surface area contributed by atoms with Crippen molar-refractivity contribution in [1.82, 2.24) is 5.32 Å². The lowest BCUT2D eigenvalue weighted by Gasteiger charge is -2.11. The van der Waals surface area contributed by atoms with Crippen molar-refractivity contribution >= 4 is 29.9 Å². The van der Waals surface area contributed by atoms with Crippen molar-refractivity contribution in [3.63, 3.8) is 0 Å². The van der Waals surface area contributed by atoms with Crippen molar-refractivity contribution in [3.05, 3.63) is 59.2 Å². The van der Waals surface area contributed by atoms with E-state index in [1.165, 1.54) is 24.3 Å². The van der Waals surface area contributed by atoms with Crippen LogP contribution in [-0.2, 0) is 13.1 Å². The van der Waals surface area contributed by atoms with Gasteiger partial charge in [-0.1, -0.05) is 24.3 Å². The summed E-state index contributed by atoms with van der Waals surface area (Å²) in [6.07, 6.45) is -4.70. The number of benzene rings is 2. The Morgan fingerprint density at radius 1 is 1.15 bits per heavy atom. The SMILES string of the molecule is COc1cc(C)ccc1CNC(N)=NCc1ccc(OC(F)(F)F)cc1.I. The molecule has 9 heteroatoms. The predicted octanol–water partition coefficient (Wildman–Crippen LogP) is 4.12. The Bertz CT molecular complexity index is 765. The number of hydrogen-bond donors (Lipinski definition) is 2. The average molecular weight is 495 g/mol. The number of alkyl halides is 3. The first-order valence-electron chi connectivity index (χ1n) is 7.79. The maximum absolute atomic E-state index is 12.1. The maximum atomic E-state index is 12.1.